The van der Waals surface area contributed by atoms with Crippen molar-refractivity contribution in [2.24, 2.45) is 0 Å². The van der Waals surface area contributed by atoms with Crippen LogP contribution in [0.25, 0.3) is 0 Å². The van der Waals surface area contributed by atoms with Crippen molar-refractivity contribution in [2.75, 3.05) is 18.6 Å². The zero-order chi connectivity index (χ0) is 6.97. The van der Waals surface area contributed by atoms with E-state index in [2.05, 4.69) is 0 Å². The van der Waals surface area contributed by atoms with E-state index in [9.17, 15) is 0 Å². The molecule has 0 unspecified atom stereocenters. The van der Waals surface area contributed by atoms with E-state index in [1.807, 2.05) is 11.8 Å². The fraction of sp³-hybridized carbons (Fsp3) is 1.00. The number of methoxy groups -OCH3 is 1. The standard InChI is InChI=1S/C7H12O2S/c1-8-6-2-5-3-10-4-7(6)9-5/h5-7H,2-4H2,1H3/t5-,6-,7-/m0/s1. The Kier molecular flexibility index (Phi) is 1.89. The van der Waals surface area contributed by atoms with Gasteiger partial charge in [0.25, 0.3) is 0 Å². The summed E-state index contributed by atoms with van der Waals surface area (Å²) in [6.45, 7) is 0. The molecule has 0 radical (unpaired) electrons. The SMILES string of the molecule is CO[C@H]1C[C@H]2CSC[C@@H]1O2. The maximum Gasteiger partial charge on any atom is 0.0931 e. The Morgan fingerprint density at radius 3 is 3.10 bits per heavy atom. The lowest BCUT2D eigenvalue weighted by molar-refractivity contribution is 0.0103. The van der Waals surface area contributed by atoms with Gasteiger partial charge in [-0.3, -0.25) is 0 Å². The van der Waals surface area contributed by atoms with Crippen molar-refractivity contribution >= 4 is 11.8 Å². The Morgan fingerprint density at radius 2 is 2.40 bits per heavy atom. The molecule has 2 heterocycles. The Bertz CT molecular complexity index is 129. The van der Waals surface area contributed by atoms with Gasteiger partial charge in [-0.25, -0.2) is 0 Å². The number of hydrogen-bond acceptors (Lipinski definition) is 3. The van der Waals surface area contributed by atoms with Gasteiger partial charge in [0.15, 0.2) is 0 Å². The van der Waals surface area contributed by atoms with Crippen LogP contribution in [0.15, 0.2) is 0 Å². The second-order valence-electron chi connectivity index (χ2n) is 2.84. The molecule has 10 heavy (non-hydrogen) atoms. The van der Waals surface area contributed by atoms with E-state index in [-0.39, 0.29) is 0 Å². The first-order chi connectivity index (χ1) is 4.90. The minimum absolute atomic E-state index is 0.375. The summed E-state index contributed by atoms with van der Waals surface area (Å²) < 4.78 is 10.9. The normalized spacial score (nSPS) is 45.9. The predicted molar refractivity (Wildman–Crippen MR) is 41.4 cm³/mol. The molecule has 0 aliphatic carbocycles. The highest BCUT2D eigenvalue weighted by molar-refractivity contribution is 7.99. The molecule has 0 saturated carbocycles. The third-order valence-corrected chi connectivity index (χ3v) is 3.34. The van der Waals surface area contributed by atoms with Crippen LogP contribution in [-0.2, 0) is 9.47 Å². The molecule has 2 fully saturated rings. The molecule has 2 saturated heterocycles. The summed E-state index contributed by atoms with van der Waals surface area (Å²) in [5.41, 5.74) is 0. The molecule has 2 rings (SSSR count). The number of ether oxygens (including phenoxy) is 2. The summed E-state index contributed by atoms with van der Waals surface area (Å²) in [6.07, 6.45) is 2.34. The summed E-state index contributed by atoms with van der Waals surface area (Å²) in [6, 6.07) is 0. The van der Waals surface area contributed by atoms with E-state index < -0.39 is 0 Å². The van der Waals surface area contributed by atoms with Crippen LogP contribution in [0.4, 0.5) is 0 Å². The average molecular weight is 160 g/mol. The van der Waals surface area contributed by atoms with E-state index in [0.717, 1.165) is 17.9 Å². The molecule has 58 valence electrons. The highest BCUT2D eigenvalue weighted by Gasteiger charge is 2.38. The average Bonchev–Trinajstić information content (AvgIpc) is 2.26. The Hall–Kier alpha value is 0.270. The van der Waals surface area contributed by atoms with Crippen LogP contribution in [0.3, 0.4) is 0 Å². The third kappa shape index (κ3) is 1.06. The first-order valence-electron chi connectivity index (χ1n) is 3.66. The number of fused-ring (bicyclic) bond motifs is 2. The molecule has 2 bridgehead atoms. The number of thioether (sulfide) groups is 1. The summed E-state index contributed by atoms with van der Waals surface area (Å²) in [5, 5.41) is 0. The minimum atomic E-state index is 0.375. The number of hydrogen-bond donors (Lipinski definition) is 0. The lowest BCUT2D eigenvalue weighted by Gasteiger charge is -2.20. The van der Waals surface area contributed by atoms with E-state index in [0.29, 0.717) is 18.3 Å². The lowest BCUT2D eigenvalue weighted by atomic mass is 10.2. The van der Waals surface area contributed by atoms with Gasteiger partial charge in [0, 0.05) is 25.0 Å². The molecule has 2 aliphatic rings. The van der Waals surface area contributed by atoms with E-state index >= 15 is 0 Å². The lowest BCUT2D eigenvalue weighted by Crippen LogP contribution is -2.27. The monoisotopic (exact) mass is 160 g/mol. The minimum Gasteiger partial charge on any atom is -0.379 e. The number of rotatable bonds is 1. The maximum absolute atomic E-state index is 5.65. The highest BCUT2D eigenvalue weighted by Crippen LogP contribution is 2.32. The quantitative estimate of drug-likeness (QED) is 0.568. The van der Waals surface area contributed by atoms with Crippen molar-refractivity contribution in [1.29, 1.82) is 0 Å². The van der Waals surface area contributed by atoms with Gasteiger partial charge in [-0.15, -0.1) is 0 Å². The molecule has 3 atom stereocenters. The molecular formula is C7H12O2S. The zero-order valence-corrected chi connectivity index (χ0v) is 6.89. The molecule has 2 nitrogen and oxygen atoms in total. The smallest absolute Gasteiger partial charge is 0.0931 e. The van der Waals surface area contributed by atoms with Crippen LogP contribution in [-0.4, -0.2) is 36.9 Å². The van der Waals surface area contributed by atoms with Gasteiger partial charge in [-0.1, -0.05) is 0 Å². The predicted octanol–water partition coefficient (Wildman–Crippen LogP) is 0.906. The van der Waals surface area contributed by atoms with Crippen molar-refractivity contribution in [3.63, 3.8) is 0 Å². The Morgan fingerprint density at radius 1 is 1.50 bits per heavy atom. The summed E-state index contributed by atoms with van der Waals surface area (Å²) in [4.78, 5) is 0. The van der Waals surface area contributed by atoms with Gasteiger partial charge >= 0.3 is 0 Å². The molecule has 3 heteroatoms. The Labute approximate surface area is 65.3 Å². The van der Waals surface area contributed by atoms with Crippen molar-refractivity contribution < 1.29 is 9.47 Å². The Balaban J connectivity index is 2.01. The fourth-order valence-corrected chi connectivity index (χ4v) is 2.76. The fourth-order valence-electron chi connectivity index (χ4n) is 1.62. The van der Waals surface area contributed by atoms with Gasteiger partial charge < -0.3 is 9.47 Å². The molecule has 2 aliphatic heterocycles. The zero-order valence-electron chi connectivity index (χ0n) is 6.08. The van der Waals surface area contributed by atoms with Gasteiger partial charge in [0.2, 0.25) is 0 Å². The van der Waals surface area contributed by atoms with Crippen LogP contribution < -0.4 is 0 Å². The van der Waals surface area contributed by atoms with Gasteiger partial charge in [-0.2, -0.15) is 11.8 Å². The van der Waals surface area contributed by atoms with E-state index in [4.69, 9.17) is 9.47 Å². The van der Waals surface area contributed by atoms with E-state index in [1.165, 1.54) is 0 Å². The maximum atomic E-state index is 5.65. The van der Waals surface area contributed by atoms with Crippen LogP contribution in [0.2, 0.25) is 0 Å². The first kappa shape index (κ1) is 6.95. The summed E-state index contributed by atoms with van der Waals surface area (Å²) in [5.74, 6) is 2.28. The van der Waals surface area contributed by atoms with Crippen molar-refractivity contribution in [3.8, 4) is 0 Å². The molecular weight excluding hydrogens is 148 g/mol. The van der Waals surface area contributed by atoms with Crippen LogP contribution in [0.5, 0.6) is 0 Å². The molecule has 0 aromatic rings. The molecule has 0 spiro atoms. The highest BCUT2D eigenvalue weighted by atomic mass is 32.2. The molecule has 0 aromatic heterocycles. The van der Waals surface area contributed by atoms with Crippen LogP contribution in [0.1, 0.15) is 6.42 Å². The summed E-state index contributed by atoms with van der Waals surface area (Å²) >= 11 is 1.99. The summed E-state index contributed by atoms with van der Waals surface area (Å²) in [7, 11) is 1.78. The van der Waals surface area contributed by atoms with Crippen molar-refractivity contribution in [3.05, 3.63) is 0 Å². The largest absolute Gasteiger partial charge is 0.379 e. The molecule has 0 N–H and O–H groups in total. The van der Waals surface area contributed by atoms with Gasteiger partial charge in [0.05, 0.1) is 18.3 Å². The topological polar surface area (TPSA) is 18.5 Å². The third-order valence-electron chi connectivity index (χ3n) is 2.17. The van der Waals surface area contributed by atoms with Crippen molar-refractivity contribution in [2.45, 2.75) is 24.7 Å². The second kappa shape index (κ2) is 2.72. The van der Waals surface area contributed by atoms with Gasteiger partial charge in [-0.05, 0) is 0 Å². The molecule has 0 amide bonds. The van der Waals surface area contributed by atoms with E-state index in [1.54, 1.807) is 7.11 Å². The van der Waals surface area contributed by atoms with Crippen molar-refractivity contribution in [1.82, 2.24) is 0 Å². The van der Waals surface area contributed by atoms with Gasteiger partial charge in [0.1, 0.15) is 0 Å². The molecule has 0 aromatic carbocycles. The van der Waals surface area contributed by atoms with Crippen LogP contribution in [0, 0.1) is 0 Å². The second-order valence-corrected chi connectivity index (χ2v) is 3.92. The first-order valence-corrected chi connectivity index (χ1v) is 4.81. The van der Waals surface area contributed by atoms with Crippen LogP contribution >= 0.6 is 11.8 Å².